The fourth-order valence-corrected chi connectivity index (χ4v) is 5.70. The molecule has 0 aromatic heterocycles. The lowest BCUT2D eigenvalue weighted by molar-refractivity contribution is -0.150. The van der Waals surface area contributed by atoms with Crippen molar-refractivity contribution in [2.24, 2.45) is 5.41 Å². The summed E-state index contributed by atoms with van der Waals surface area (Å²) in [5, 5.41) is 10.1. The summed E-state index contributed by atoms with van der Waals surface area (Å²) in [7, 11) is 0. The minimum atomic E-state index is -1.51. The number of alkyl halides is 1. The lowest BCUT2D eigenvalue weighted by atomic mass is 9.77. The molecule has 5 rings (SSSR count). The van der Waals surface area contributed by atoms with Gasteiger partial charge in [0.05, 0.1) is 0 Å². The molecule has 2 aliphatic heterocycles. The van der Waals surface area contributed by atoms with E-state index in [-0.39, 0.29) is 11.3 Å². The molecule has 1 atom stereocenters. The van der Waals surface area contributed by atoms with Gasteiger partial charge in [0.2, 0.25) is 0 Å². The maximum absolute atomic E-state index is 14.0. The van der Waals surface area contributed by atoms with Crippen LogP contribution >= 0.6 is 0 Å². The fourth-order valence-electron chi connectivity index (χ4n) is 5.70. The topological polar surface area (TPSA) is 43.8 Å². The van der Waals surface area contributed by atoms with Crippen molar-refractivity contribution < 1.29 is 14.3 Å². The summed E-state index contributed by atoms with van der Waals surface area (Å²) < 4.78 is 14.0. The quantitative estimate of drug-likeness (QED) is 0.884. The number of aromatic hydroxyl groups is 1. The Balaban J connectivity index is 1.14. The van der Waals surface area contributed by atoms with Gasteiger partial charge in [0.1, 0.15) is 5.75 Å². The number of carbonyl (C=O) groups excluding carboxylic acids is 1. The molecule has 1 amide bonds. The Morgan fingerprint density at radius 3 is 2.44 bits per heavy atom. The first kappa shape index (κ1) is 17.5. The molecular weight excluding hydrogens is 343 g/mol. The Bertz CT molecular complexity index is 734. The molecule has 27 heavy (non-hydrogen) atoms. The van der Waals surface area contributed by atoms with Crippen molar-refractivity contribution in [3.05, 3.63) is 29.8 Å². The highest BCUT2D eigenvalue weighted by atomic mass is 19.1. The number of phenols is 1. The number of likely N-dealkylation sites (tertiary alicyclic amines) is 2. The number of para-hydroxylation sites is 1. The molecule has 4 aliphatic rings. The van der Waals surface area contributed by atoms with Gasteiger partial charge in [-0.05, 0) is 75.6 Å². The van der Waals surface area contributed by atoms with Crippen molar-refractivity contribution in [2.45, 2.75) is 62.6 Å². The first-order chi connectivity index (χ1) is 13.0. The Morgan fingerprint density at radius 1 is 1.07 bits per heavy atom. The standard InChI is InChI=1S/C22H29FN2O2/c23-22(9-10-22)20(27)25-14-21(15-25)8-5-17(13-21)24-11-6-16(7-12-24)18-3-1-2-4-19(18)26/h1-4,16-17,26H,5-15H2/t17-/m1/s1. The van der Waals surface area contributed by atoms with E-state index in [0.717, 1.165) is 51.0 Å². The monoisotopic (exact) mass is 372 g/mol. The third kappa shape index (κ3) is 3.04. The first-order valence-corrected chi connectivity index (χ1v) is 10.5. The smallest absolute Gasteiger partial charge is 0.260 e. The Morgan fingerprint density at radius 2 is 1.78 bits per heavy atom. The molecule has 0 bridgehead atoms. The molecule has 146 valence electrons. The van der Waals surface area contributed by atoms with Crippen molar-refractivity contribution in [1.29, 1.82) is 0 Å². The van der Waals surface area contributed by atoms with E-state index in [1.807, 2.05) is 12.1 Å². The van der Waals surface area contributed by atoms with E-state index in [2.05, 4.69) is 11.0 Å². The number of amides is 1. The van der Waals surface area contributed by atoms with Crippen LogP contribution in [0.3, 0.4) is 0 Å². The number of halogens is 1. The third-order valence-corrected chi connectivity index (χ3v) is 7.51. The van der Waals surface area contributed by atoms with Crippen LogP contribution < -0.4 is 0 Å². The molecule has 0 radical (unpaired) electrons. The largest absolute Gasteiger partial charge is 0.508 e. The predicted octanol–water partition coefficient (Wildman–Crippen LogP) is 3.45. The van der Waals surface area contributed by atoms with Gasteiger partial charge in [-0.1, -0.05) is 18.2 Å². The van der Waals surface area contributed by atoms with E-state index >= 15 is 0 Å². The zero-order chi connectivity index (χ0) is 18.6. The molecule has 1 aromatic rings. The highest BCUT2D eigenvalue weighted by molar-refractivity contribution is 5.88. The van der Waals surface area contributed by atoms with Crippen molar-refractivity contribution in [1.82, 2.24) is 9.80 Å². The molecule has 5 heteroatoms. The number of phenolic OH excluding ortho intramolecular Hbond substituents is 1. The number of rotatable bonds is 3. The molecular formula is C22H29FN2O2. The van der Waals surface area contributed by atoms with E-state index < -0.39 is 5.67 Å². The van der Waals surface area contributed by atoms with Gasteiger partial charge in [0, 0.05) is 24.5 Å². The molecule has 2 heterocycles. The van der Waals surface area contributed by atoms with Crippen LogP contribution in [0, 0.1) is 5.41 Å². The van der Waals surface area contributed by atoms with Crippen molar-refractivity contribution in [3.8, 4) is 5.75 Å². The molecule has 1 spiro atoms. The second-order valence-electron chi connectivity index (χ2n) is 9.39. The Hall–Kier alpha value is -1.62. The number of carbonyl (C=O) groups is 1. The first-order valence-electron chi connectivity index (χ1n) is 10.5. The molecule has 2 saturated heterocycles. The molecule has 4 fully saturated rings. The second-order valence-corrected chi connectivity index (χ2v) is 9.39. The van der Waals surface area contributed by atoms with Crippen LogP contribution in [-0.2, 0) is 4.79 Å². The van der Waals surface area contributed by atoms with Crippen LogP contribution in [0.2, 0.25) is 0 Å². The zero-order valence-corrected chi connectivity index (χ0v) is 15.9. The number of piperidine rings is 1. The van der Waals surface area contributed by atoms with Crippen LogP contribution in [-0.4, -0.2) is 58.7 Å². The summed E-state index contributed by atoms with van der Waals surface area (Å²) >= 11 is 0. The molecule has 0 unspecified atom stereocenters. The average Bonchev–Trinajstić information content (AvgIpc) is 3.25. The van der Waals surface area contributed by atoms with Gasteiger partial charge in [0.15, 0.2) is 5.67 Å². The van der Waals surface area contributed by atoms with E-state index in [1.165, 1.54) is 12.8 Å². The summed E-state index contributed by atoms with van der Waals surface area (Å²) in [4.78, 5) is 16.5. The van der Waals surface area contributed by atoms with Gasteiger partial charge < -0.3 is 14.9 Å². The van der Waals surface area contributed by atoms with Gasteiger partial charge in [-0.2, -0.15) is 0 Å². The fraction of sp³-hybridized carbons (Fsp3) is 0.682. The SMILES string of the molecule is O=C(N1CC2(CC[C@@H](N3CCC(c4ccccc4O)CC3)C2)C1)C1(F)CC1. The van der Waals surface area contributed by atoms with Crippen molar-refractivity contribution in [2.75, 3.05) is 26.2 Å². The predicted molar refractivity (Wildman–Crippen MR) is 101 cm³/mol. The lowest BCUT2D eigenvalue weighted by Gasteiger charge is -2.49. The van der Waals surface area contributed by atoms with Gasteiger partial charge >= 0.3 is 0 Å². The average molecular weight is 372 g/mol. The van der Waals surface area contributed by atoms with Gasteiger partial charge in [-0.25, -0.2) is 4.39 Å². The maximum atomic E-state index is 14.0. The van der Waals surface area contributed by atoms with E-state index in [4.69, 9.17) is 0 Å². The van der Waals surface area contributed by atoms with Crippen LogP contribution in [0.4, 0.5) is 4.39 Å². The molecule has 4 nitrogen and oxygen atoms in total. The molecule has 2 aliphatic carbocycles. The number of nitrogens with zero attached hydrogens (tertiary/aromatic N) is 2. The molecule has 2 saturated carbocycles. The Labute approximate surface area is 160 Å². The minimum absolute atomic E-state index is 0.250. The van der Waals surface area contributed by atoms with Gasteiger partial charge in [0.25, 0.3) is 5.91 Å². The Kier molecular flexibility index (Phi) is 4.01. The number of hydrogen-bond acceptors (Lipinski definition) is 3. The van der Waals surface area contributed by atoms with E-state index in [9.17, 15) is 14.3 Å². The molecule has 1 N–H and O–H groups in total. The maximum Gasteiger partial charge on any atom is 0.260 e. The second kappa shape index (κ2) is 6.20. The van der Waals surface area contributed by atoms with Gasteiger partial charge in [-0.3, -0.25) is 4.79 Å². The summed E-state index contributed by atoms with van der Waals surface area (Å²) in [6.45, 7) is 3.69. The van der Waals surface area contributed by atoms with Gasteiger partial charge in [-0.15, -0.1) is 0 Å². The van der Waals surface area contributed by atoms with Crippen LogP contribution in [0.5, 0.6) is 5.75 Å². The van der Waals surface area contributed by atoms with Crippen molar-refractivity contribution >= 4 is 5.91 Å². The summed E-state index contributed by atoms with van der Waals surface area (Å²) in [6.07, 6.45) is 6.54. The normalized spacial score (nSPS) is 29.7. The number of benzene rings is 1. The lowest BCUT2D eigenvalue weighted by Crippen LogP contribution is -2.60. The molecule has 1 aromatic carbocycles. The highest BCUT2D eigenvalue weighted by Crippen LogP contribution is 2.51. The summed E-state index contributed by atoms with van der Waals surface area (Å²) in [5.74, 6) is 0.630. The minimum Gasteiger partial charge on any atom is -0.508 e. The van der Waals surface area contributed by atoms with Crippen LogP contribution in [0.25, 0.3) is 0 Å². The van der Waals surface area contributed by atoms with Crippen LogP contribution in [0.1, 0.15) is 56.4 Å². The van der Waals surface area contributed by atoms with E-state index in [0.29, 0.717) is 30.6 Å². The summed E-state index contributed by atoms with van der Waals surface area (Å²) in [6, 6.07) is 8.34. The number of hydrogen-bond donors (Lipinski definition) is 1. The third-order valence-electron chi connectivity index (χ3n) is 7.51. The summed E-state index contributed by atoms with van der Waals surface area (Å²) in [5.41, 5.74) is -0.168. The van der Waals surface area contributed by atoms with Crippen molar-refractivity contribution in [3.63, 3.8) is 0 Å². The highest BCUT2D eigenvalue weighted by Gasteiger charge is 2.58. The zero-order valence-electron chi connectivity index (χ0n) is 15.9. The van der Waals surface area contributed by atoms with E-state index in [1.54, 1.807) is 11.0 Å². The van der Waals surface area contributed by atoms with Crippen LogP contribution in [0.15, 0.2) is 24.3 Å².